The van der Waals surface area contributed by atoms with Crippen molar-refractivity contribution in [2.45, 2.75) is 30.2 Å². The van der Waals surface area contributed by atoms with E-state index in [-0.39, 0.29) is 16.5 Å². The van der Waals surface area contributed by atoms with Gasteiger partial charge < -0.3 is 4.98 Å². The molecule has 148 valence electrons. The fraction of sp³-hybridized carbons (Fsp3) is 0.263. The minimum atomic E-state index is -4.12. The Hall–Kier alpha value is -3.45. The molecular formula is C19H17N5O4S. The third kappa shape index (κ3) is 3.19. The number of H-pyrrole nitrogens is 1. The van der Waals surface area contributed by atoms with E-state index >= 15 is 0 Å². The number of nitrogens with zero attached hydrogens (tertiary/aromatic N) is 4. The van der Waals surface area contributed by atoms with Crippen molar-refractivity contribution in [2.24, 2.45) is 5.92 Å². The quantitative estimate of drug-likeness (QED) is 0.505. The maximum Gasteiger partial charge on any atom is 0.312 e. The second-order valence-corrected chi connectivity index (χ2v) is 8.71. The molecule has 2 unspecified atom stereocenters. The first kappa shape index (κ1) is 18.9. The van der Waals surface area contributed by atoms with E-state index in [1.165, 1.54) is 12.1 Å². The van der Waals surface area contributed by atoms with Gasteiger partial charge in [0.1, 0.15) is 17.5 Å². The molecule has 1 aliphatic rings. The van der Waals surface area contributed by atoms with Gasteiger partial charge in [-0.3, -0.25) is 14.4 Å². The zero-order chi connectivity index (χ0) is 20.6. The Bertz CT molecular complexity index is 1220. The molecule has 0 spiro atoms. The third-order valence-electron chi connectivity index (χ3n) is 5.18. The van der Waals surface area contributed by atoms with Crippen LogP contribution in [0.5, 0.6) is 0 Å². The van der Waals surface area contributed by atoms with Gasteiger partial charge >= 0.3 is 5.69 Å². The van der Waals surface area contributed by atoms with Gasteiger partial charge in [0.2, 0.25) is 0 Å². The van der Waals surface area contributed by atoms with E-state index in [0.29, 0.717) is 30.3 Å². The third-order valence-corrected chi connectivity index (χ3v) is 7.04. The van der Waals surface area contributed by atoms with Crippen LogP contribution in [0.2, 0.25) is 0 Å². The standard InChI is InChI=1S/C19H17N5O4S/c20-11-13-6-7-14(10-13)23(29(27,28)15-4-2-1-3-5-15)18-16-8-9-21-19(16)22-12-17(18)24(25)26/h1-5,8-9,12-14H,6-7,10H2,(H,21,22). The minimum Gasteiger partial charge on any atom is -0.346 e. The van der Waals surface area contributed by atoms with Gasteiger partial charge in [0.05, 0.1) is 21.3 Å². The van der Waals surface area contributed by atoms with Gasteiger partial charge in [0.15, 0.2) is 0 Å². The summed E-state index contributed by atoms with van der Waals surface area (Å²) in [4.78, 5) is 18.1. The van der Waals surface area contributed by atoms with Crippen LogP contribution < -0.4 is 4.31 Å². The van der Waals surface area contributed by atoms with E-state index < -0.39 is 26.7 Å². The maximum atomic E-state index is 13.6. The van der Waals surface area contributed by atoms with Crippen molar-refractivity contribution in [3.05, 3.63) is 58.9 Å². The van der Waals surface area contributed by atoms with Gasteiger partial charge in [0, 0.05) is 18.2 Å². The summed E-state index contributed by atoms with van der Waals surface area (Å²) >= 11 is 0. The van der Waals surface area contributed by atoms with Crippen molar-refractivity contribution in [3.8, 4) is 6.07 Å². The molecule has 10 heteroatoms. The summed E-state index contributed by atoms with van der Waals surface area (Å²) in [6, 6.07) is 11.0. The molecule has 1 N–H and O–H groups in total. The summed E-state index contributed by atoms with van der Waals surface area (Å²) in [7, 11) is -4.12. The van der Waals surface area contributed by atoms with E-state index in [1.54, 1.807) is 30.5 Å². The normalized spacial score (nSPS) is 19.1. The Morgan fingerprint density at radius 2 is 2.00 bits per heavy atom. The smallest absolute Gasteiger partial charge is 0.312 e. The van der Waals surface area contributed by atoms with Crippen molar-refractivity contribution in [1.82, 2.24) is 9.97 Å². The molecule has 2 heterocycles. The lowest BCUT2D eigenvalue weighted by molar-refractivity contribution is -0.384. The predicted molar refractivity (Wildman–Crippen MR) is 106 cm³/mol. The first-order valence-electron chi connectivity index (χ1n) is 9.03. The van der Waals surface area contributed by atoms with Crippen LogP contribution in [-0.2, 0) is 10.0 Å². The maximum absolute atomic E-state index is 13.6. The van der Waals surface area contributed by atoms with Crippen LogP contribution in [0.15, 0.2) is 53.7 Å². The monoisotopic (exact) mass is 411 g/mol. The first-order valence-corrected chi connectivity index (χ1v) is 10.5. The topological polar surface area (TPSA) is 133 Å². The lowest BCUT2D eigenvalue weighted by Crippen LogP contribution is -2.39. The lowest BCUT2D eigenvalue weighted by atomic mass is 10.1. The zero-order valence-electron chi connectivity index (χ0n) is 15.2. The largest absolute Gasteiger partial charge is 0.346 e. The number of hydrogen-bond donors (Lipinski definition) is 1. The highest BCUT2D eigenvalue weighted by Crippen LogP contribution is 2.43. The Morgan fingerprint density at radius 3 is 2.66 bits per heavy atom. The molecule has 1 fully saturated rings. The van der Waals surface area contributed by atoms with Gasteiger partial charge in [-0.2, -0.15) is 5.26 Å². The summed E-state index contributed by atoms with van der Waals surface area (Å²) in [5.74, 6) is -0.295. The number of sulfonamides is 1. The van der Waals surface area contributed by atoms with E-state index in [4.69, 9.17) is 0 Å². The van der Waals surface area contributed by atoms with E-state index in [0.717, 1.165) is 10.5 Å². The highest BCUT2D eigenvalue weighted by molar-refractivity contribution is 7.93. The first-order chi connectivity index (χ1) is 13.9. The number of fused-ring (bicyclic) bond motifs is 1. The Morgan fingerprint density at radius 1 is 1.24 bits per heavy atom. The van der Waals surface area contributed by atoms with Crippen LogP contribution in [0.1, 0.15) is 19.3 Å². The molecule has 2 atom stereocenters. The van der Waals surface area contributed by atoms with Crippen LogP contribution in [0, 0.1) is 27.4 Å². The Balaban J connectivity index is 1.99. The second-order valence-electron chi connectivity index (χ2n) is 6.90. The number of pyridine rings is 1. The second kappa shape index (κ2) is 7.18. The highest BCUT2D eigenvalue weighted by atomic mass is 32.2. The fourth-order valence-corrected chi connectivity index (χ4v) is 5.59. The average Bonchev–Trinajstić information content (AvgIpc) is 3.38. The molecule has 0 radical (unpaired) electrons. The van der Waals surface area contributed by atoms with E-state index in [2.05, 4.69) is 16.0 Å². The van der Waals surface area contributed by atoms with E-state index in [1.807, 2.05) is 0 Å². The van der Waals surface area contributed by atoms with Gasteiger partial charge in [-0.05, 0) is 37.5 Å². The van der Waals surface area contributed by atoms with Crippen LogP contribution in [-0.4, -0.2) is 29.4 Å². The average molecular weight is 411 g/mol. The van der Waals surface area contributed by atoms with Crippen LogP contribution in [0.3, 0.4) is 0 Å². The Kier molecular flexibility index (Phi) is 4.68. The minimum absolute atomic E-state index is 0.0197. The molecule has 2 aromatic heterocycles. The van der Waals surface area contributed by atoms with E-state index in [9.17, 15) is 23.8 Å². The molecule has 0 bridgehead atoms. The summed E-state index contributed by atoms with van der Waals surface area (Å²) in [6.07, 6.45) is 3.92. The molecular weight excluding hydrogens is 394 g/mol. The van der Waals surface area contributed by atoms with Crippen molar-refractivity contribution in [3.63, 3.8) is 0 Å². The molecule has 1 saturated carbocycles. The molecule has 4 rings (SSSR count). The number of nitrogens with one attached hydrogen (secondary N) is 1. The lowest BCUT2D eigenvalue weighted by Gasteiger charge is -2.30. The number of benzene rings is 1. The van der Waals surface area contributed by atoms with Crippen molar-refractivity contribution in [1.29, 1.82) is 5.26 Å². The zero-order valence-corrected chi connectivity index (χ0v) is 16.0. The molecule has 1 aromatic carbocycles. The predicted octanol–water partition coefficient (Wildman–Crippen LogP) is 3.36. The summed E-state index contributed by atoms with van der Waals surface area (Å²) in [5, 5.41) is 21.4. The van der Waals surface area contributed by atoms with Gasteiger partial charge in [-0.25, -0.2) is 13.4 Å². The number of aromatic nitrogens is 2. The number of aromatic amines is 1. The van der Waals surface area contributed by atoms with Gasteiger partial charge in [-0.15, -0.1) is 0 Å². The van der Waals surface area contributed by atoms with Crippen molar-refractivity contribution >= 4 is 32.4 Å². The van der Waals surface area contributed by atoms with Crippen molar-refractivity contribution in [2.75, 3.05) is 4.31 Å². The fourth-order valence-electron chi connectivity index (χ4n) is 3.84. The SMILES string of the molecule is N#CC1CCC(N(c2c([N+](=O)[O-])cnc3[nH]ccc23)S(=O)(=O)c2ccccc2)C1. The number of nitro groups is 1. The molecule has 0 aliphatic heterocycles. The molecule has 1 aliphatic carbocycles. The summed E-state index contributed by atoms with van der Waals surface area (Å²) < 4.78 is 28.4. The number of hydrogen-bond acceptors (Lipinski definition) is 6. The Labute approximate surface area is 166 Å². The molecule has 3 aromatic rings. The number of nitriles is 1. The van der Waals surface area contributed by atoms with Gasteiger partial charge in [-0.1, -0.05) is 18.2 Å². The van der Waals surface area contributed by atoms with Crippen molar-refractivity contribution < 1.29 is 13.3 Å². The van der Waals surface area contributed by atoms with Crippen LogP contribution >= 0.6 is 0 Å². The molecule has 29 heavy (non-hydrogen) atoms. The summed E-state index contributed by atoms with van der Waals surface area (Å²) in [6.45, 7) is 0. The molecule has 0 saturated heterocycles. The summed E-state index contributed by atoms with van der Waals surface area (Å²) in [5.41, 5.74) is -0.0561. The molecule has 0 amide bonds. The number of rotatable bonds is 5. The molecule has 9 nitrogen and oxygen atoms in total. The number of anilines is 1. The van der Waals surface area contributed by atoms with Crippen LogP contribution in [0.25, 0.3) is 11.0 Å². The van der Waals surface area contributed by atoms with Crippen LogP contribution in [0.4, 0.5) is 11.4 Å². The highest BCUT2D eigenvalue weighted by Gasteiger charge is 2.41. The van der Waals surface area contributed by atoms with Gasteiger partial charge in [0.25, 0.3) is 10.0 Å².